The van der Waals surface area contributed by atoms with Crippen molar-refractivity contribution in [1.82, 2.24) is 5.32 Å². The topological polar surface area (TPSA) is 119 Å². The van der Waals surface area contributed by atoms with Gasteiger partial charge in [-0.25, -0.2) is 0 Å². The van der Waals surface area contributed by atoms with E-state index in [1.807, 2.05) is 0 Å². The smallest absolute Gasteiger partial charge is 0.322 e. The number of halogens is 2. The van der Waals surface area contributed by atoms with E-state index < -0.39 is 23.3 Å². The standard InChI is InChI=1S/C15H16Cl2N2O6/c1-2-10(19(23)24)7-9-3-4-11(15(17)14(9)16)25-6-5-12(20)18-8-13(21)22/h3-4,7H,2,5-6,8H2,1H3,(H,18,20)(H,21,22)/b10-7+. The van der Waals surface area contributed by atoms with Crippen LogP contribution in [0.1, 0.15) is 25.3 Å². The maximum atomic E-state index is 11.4. The number of rotatable bonds is 9. The molecule has 1 aromatic rings. The Morgan fingerprint density at radius 1 is 1.36 bits per heavy atom. The van der Waals surface area contributed by atoms with Gasteiger partial charge in [-0.3, -0.25) is 19.7 Å². The number of nitrogens with zero attached hydrogens (tertiary/aromatic N) is 1. The van der Waals surface area contributed by atoms with Crippen molar-refractivity contribution in [2.75, 3.05) is 13.2 Å². The Labute approximate surface area is 153 Å². The van der Waals surface area contributed by atoms with Crippen LogP contribution >= 0.6 is 23.2 Å². The van der Waals surface area contributed by atoms with Crippen molar-refractivity contribution in [2.45, 2.75) is 19.8 Å². The Morgan fingerprint density at radius 3 is 2.60 bits per heavy atom. The predicted octanol–water partition coefficient (Wildman–Crippen LogP) is 2.99. The molecule has 0 atom stereocenters. The second kappa shape index (κ2) is 9.85. The molecule has 8 nitrogen and oxygen atoms in total. The number of amides is 1. The van der Waals surface area contributed by atoms with Crippen LogP contribution in [0.25, 0.3) is 6.08 Å². The van der Waals surface area contributed by atoms with E-state index in [0.29, 0.717) is 5.56 Å². The van der Waals surface area contributed by atoms with E-state index in [2.05, 4.69) is 5.32 Å². The highest BCUT2D eigenvalue weighted by molar-refractivity contribution is 6.43. The number of ether oxygens (including phenoxy) is 1. The molecule has 0 aromatic heterocycles. The van der Waals surface area contributed by atoms with Gasteiger partial charge in [0.1, 0.15) is 17.3 Å². The van der Waals surface area contributed by atoms with Crippen LogP contribution in [-0.2, 0) is 9.59 Å². The summed E-state index contributed by atoms with van der Waals surface area (Å²) in [5, 5.41) is 21.7. The summed E-state index contributed by atoms with van der Waals surface area (Å²) in [6.07, 6.45) is 1.49. The van der Waals surface area contributed by atoms with E-state index >= 15 is 0 Å². The number of benzene rings is 1. The van der Waals surface area contributed by atoms with E-state index in [-0.39, 0.29) is 40.9 Å². The van der Waals surface area contributed by atoms with E-state index in [4.69, 9.17) is 33.0 Å². The molecule has 0 unspecified atom stereocenters. The maximum Gasteiger partial charge on any atom is 0.322 e. The summed E-state index contributed by atoms with van der Waals surface area (Å²) in [5.74, 6) is -1.41. The fraction of sp³-hybridized carbons (Fsp3) is 0.333. The molecule has 0 saturated heterocycles. The Balaban J connectivity index is 2.75. The molecule has 0 aliphatic heterocycles. The van der Waals surface area contributed by atoms with Gasteiger partial charge >= 0.3 is 5.97 Å². The van der Waals surface area contributed by atoms with Gasteiger partial charge in [-0.2, -0.15) is 0 Å². The number of carbonyl (C=O) groups is 2. The highest BCUT2D eigenvalue weighted by atomic mass is 35.5. The molecule has 0 radical (unpaired) electrons. The van der Waals surface area contributed by atoms with Crippen molar-refractivity contribution < 1.29 is 24.4 Å². The number of hydrogen-bond donors (Lipinski definition) is 2. The van der Waals surface area contributed by atoms with Gasteiger partial charge in [0.05, 0.1) is 23.0 Å². The van der Waals surface area contributed by atoms with Crippen molar-refractivity contribution in [3.63, 3.8) is 0 Å². The first kappa shape index (κ1) is 20.7. The summed E-state index contributed by atoms with van der Waals surface area (Å²) in [6, 6.07) is 3.01. The zero-order valence-electron chi connectivity index (χ0n) is 13.3. The minimum absolute atomic E-state index is 0.0123. The second-order valence-corrected chi connectivity index (χ2v) is 5.55. The van der Waals surface area contributed by atoms with Crippen LogP contribution in [-0.4, -0.2) is 35.1 Å². The van der Waals surface area contributed by atoms with Crippen LogP contribution in [0.2, 0.25) is 10.0 Å². The monoisotopic (exact) mass is 390 g/mol. The van der Waals surface area contributed by atoms with Crippen molar-refractivity contribution in [3.8, 4) is 5.75 Å². The summed E-state index contributed by atoms with van der Waals surface area (Å²) in [4.78, 5) is 32.1. The maximum absolute atomic E-state index is 11.4. The number of hydrogen-bond acceptors (Lipinski definition) is 5. The molecular weight excluding hydrogens is 375 g/mol. The summed E-state index contributed by atoms with van der Waals surface area (Å²) in [5.41, 5.74) is 0.369. The van der Waals surface area contributed by atoms with Gasteiger partial charge < -0.3 is 15.2 Å². The zero-order valence-corrected chi connectivity index (χ0v) is 14.8. The summed E-state index contributed by atoms with van der Waals surface area (Å²) in [6.45, 7) is 1.14. The Morgan fingerprint density at radius 2 is 2.04 bits per heavy atom. The lowest BCUT2D eigenvalue weighted by Gasteiger charge is -2.10. The fourth-order valence-corrected chi connectivity index (χ4v) is 2.19. The summed E-state index contributed by atoms with van der Waals surface area (Å²) in [7, 11) is 0. The lowest BCUT2D eigenvalue weighted by Crippen LogP contribution is -2.30. The molecule has 0 fully saturated rings. The van der Waals surface area contributed by atoms with E-state index in [0.717, 1.165) is 0 Å². The van der Waals surface area contributed by atoms with Crippen molar-refractivity contribution in [3.05, 3.63) is 43.6 Å². The highest BCUT2D eigenvalue weighted by Crippen LogP contribution is 2.36. The third-order valence-electron chi connectivity index (χ3n) is 3.02. The molecule has 25 heavy (non-hydrogen) atoms. The number of carbonyl (C=O) groups excluding carboxylic acids is 1. The molecule has 0 heterocycles. The molecular formula is C15H16Cl2N2O6. The molecule has 0 saturated carbocycles. The van der Waals surface area contributed by atoms with Gasteiger partial charge in [0.15, 0.2) is 0 Å². The van der Waals surface area contributed by atoms with Crippen LogP contribution in [0.4, 0.5) is 0 Å². The van der Waals surface area contributed by atoms with Crippen LogP contribution in [0.5, 0.6) is 5.75 Å². The minimum atomic E-state index is -1.14. The van der Waals surface area contributed by atoms with E-state index in [1.165, 1.54) is 18.2 Å². The molecule has 0 bridgehead atoms. The van der Waals surface area contributed by atoms with Gasteiger partial charge in [-0.1, -0.05) is 30.1 Å². The van der Waals surface area contributed by atoms with E-state index in [9.17, 15) is 19.7 Å². The normalized spacial score (nSPS) is 11.1. The first-order valence-corrected chi connectivity index (χ1v) is 7.96. The van der Waals surface area contributed by atoms with Crippen molar-refractivity contribution >= 4 is 41.2 Å². The number of nitrogens with one attached hydrogen (secondary N) is 1. The average Bonchev–Trinajstić information content (AvgIpc) is 2.55. The Kier molecular flexibility index (Phi) is 8.17. The third-order valence-corrected chi connectivity index (χ3v) is 3.90. The molecule has 10 heteroatoms. The molecule has 1 rings (SSSR count). The van der Waals surface area contributed by atoms with Gasteiger partial charge in [-0.05, 0) is 12.1 Å². The lowest BCUT2D eigenvalue weighted by molar-refractivity contribution is -0.425. The first-order valence-electron chi connectivity index (χ1n) is 7.20. The molecule has 1 amide bonds. The van der Waals surface area contributed by atoms with Crippen LogP contribution < -0.4 is 10.1 Å². The van der Waals surface area contributed by atoms with Crippen LogP contribution in [0.15, 0.2) is 17.8 Å². The van der Waals surface area contributed by atoms with Gasteiger partial charge in [0, 0.05) is 18.1 Å². The minimum Gasteiger partial charge on any atom is -0.491 e. The molecule has 1 aromatic carbocycles. The molecule has 0 aliphatic carbocycles. The Hall–Kier alpha value is -2.32. The second-order valence-electron chi connectivity index (χ2n) is 4.80. The third kappa shape index (κ3) is 6.60. The van der Waals surface area contributed by atoms with Gasteiger partial charge in [-0.15, -0.1) is 0 Å². The fourth-order valence-electron chi connectivity index (χ4n) is 1.75. The molecule has 136 valence electrons. The van der Waals surface area contributed by atoms with Crippen molar-refractivity contribution in [1.29, 1.82) is 0 Å². The molecule has 0 aliphatic rings. The average molecular weight is 391 g/mol. The largest absolute Gasteiger partial charge is 0.491 e. The number of nitro groups is 1. The number of allylic oxidation sites excluding steroid dienone is 1. The van der Waals surface area contributed by atoms with Gasteiger partial charge in [0.2, 0.25) is 11.6 Å². The zero-order chi connectivity index (χ0) is 19.0. The molecule has 0 spiro atoms. The van der Waals surface area contributed by atoms with Crippen LogP contribution in [0, 0.1) is 10.1 Å². The highest BCUT2D eigenvalue weighted by Gasteiger charge is 2.14. The quantitative estimate of drug-likeness (QED) is 0.494. The summed E-state index contributed by atoms with van der Waals surface area (Å²) < 4.78 is 5.35. The summed E-state index contributed by atoms with van der Waals surface area (Å²) >= 11 is 12.2. The van der Waals surface area contributed by atoms with Crippen LogP contribution in [0.3, 0.4) is 0 Å². The number of carboxylic acid groups (broad SMARTS) is 1. The van der Waals surface area contributed by atoms with Gasteiger partial charge in [0.25, 0.3) is 0 Å². The number of aliphatic carboxylic acids is 1. The SMILES string of the molecule is CC/C(=C\c1ccc(OCCC(=O)NCC(=O)O)c(Cl)c1Cl)[N+](=O)[O-]. The van der Waals surface area contributed by atoms with E-state index in [1.54, 1.807) is 6.92 Å². The predicted molar refractivity (Wildman–Crippen MR) is 92.5 cm³/mol. The van der Waals surface area contributed by atoms with Crippen molar-refractivity contribution in [2.24, 2.45) is 0 Å². The lowest BCUT2D eigenvalue weighted by atomic mass is 10.1. The molecule has 2 N–H and O–H groups in total. The number of carboxylic acids is 1. The first-order chi connectivity index (χ1) is 11.8. The Bertz CT molecular complexity index is 706.